The van der Waals surface area contributed by atoms with Crippen molar-refractivity contribution in [3.05, 3.63) is 46.9 Å². The fourth-order valence-corrected chi connectivity index (χ4v) is 4.12. The number of aromatic nitrogens is 3. The van der Waals surface area contributed by atoms with E-state index in [4.69, 9.17) is 14.0 Å². The van der Waals surface area contributed by atoms with Crippen molar-refractivity contribution >= 4 is 0 Å². The van der Waals surface area contributed by atoms with Crippen LogP contribution in [0.4, 0.5) is 0 Å². The number of aryl methyl sites for hydroxylation is 1. The maximum atomic E-state index is 5.62. The Kier molecular flexibility index (Phi) is 5.58. The van der Waals surface area contributed by atoms with E-state index >= 15 is 0 Å². The van der Waals surface area contributed by atoms with Crippen molar-refractivity contribution in [2.75, 3.05) is 20.8 Å². The zero-order valence-electron chi connectivity index (χ0n) is 17.5. The summed E-state index contributed by atoms with van der Waals surface area (Å²) in [6.45, 7) is 5.87. The summed E-state index contributed by atoms with van der Waals surface area (Å²) in [6.07, 6.45) is 5.31. The van der Waals surface area contributed by atoms with Crippen LogP contribution in [0, 0.1) is 13.8 Å². The minimum Gasteiger partial charge on any atom is -0.493 e. The number of H-pyrrole nitrogens is 1. The van der Waals surface area contributed by atoms with E-state index in [1.54, 1.807) is 14.2 Å². The third-order valence-corrected chi connectivity index (χ3v) is 5.85. The molecule has 29 heavy (non-hydrogen) atoms. The maximum Gasteiger partial charge on any atom is 0.173 e. The molecule has 0 amide bonds. The molecule has 1 aromatic carbocycles. The summed E-state index contributed by atoms with van der Waals surface area (Å²) in [5.74, 6) is 2.31. The molecule has 0 spiro atoms. The topological polar surface area (TPSA) is 76.4 Å². The van der Waals surface area contributed by atoms with Gasteiger partial charge in [0.1, 0.15) is 0 Å². The van der Waals surface area contributed by atoms with Gasteiger partial charge in [-0.1, -0.05) is 17.6 Å². The van der Waals surface area contributed by atoms with Gasteiger partial charge >= 0.3 is 0 Å². The van der Waals surface area contributed by atoms with Gasteiger partial charge in [-0.25, -0.2) is 0 Å². The third-order valence-electron chi connectivity index (χ3n) is 5.85. The minimum atomic E-state index is 0.249. The van der Waals surface area contributed by atoms with Gasteiger partial charge in [-0.3, -0.25) is 10.00 Å². The Morgan fingerprint density at radius 1 is 1.17 bits per heavy atom. The van der Waals surface area contributed by atoms with Gasteiger partial charge in [0.25, 0.3) is 0 Å². The summed E-state index contributed by atoms with van der Waals surface area (Å²) < 4.78 is 16.5. The predicted molar refractivity (Wildman–Crippen MR) is 110 cm³/mol. The molecule has 0 saturated carbocycles. The molecule has 1 aliphatic heterocycles. The van der Waals surface area contributed by atoms with E-state index in [0.29, 0.717) is 0 Å². The summed E-state index contributed by atoms with van der Waals surface area (Å²) in [5, 5.41) is 11.7. The smallest absolute Gasteiger partial charge is 0.173 e. The molecule has 1 fully saturated rings. The Hall–Kier alpha value is -2.80. The molecule has 0 unspecified atom stereocenters. The first-order valence-corrected chi connectivity index (χ1v) is 10.0. The van der Waals surface area contributed by atoms with Crippen molar-refractivity contribution in [3.63, 3.8) is 0 Å². The van der Waals surface area contributed by atoms with Crippen molar-refractivity contribution in [2.45, 2.75) is 45.7 Å². The summed E-state index contributed by atoms with van der Waals surface area (Å²) in [4.78, 5) is 2.50. The number of ether oxygens (including phenoxy) is 2. The van der Waals surface area contributed by atoms with Crippen molar-refractivity contribution in [1.82, 2.24) is 20.3 Å². The first-order chi connectivity index (χ1) is 14.1. The predicted octanol–water partition coefficient (Wildman–Crippen LogP) is 4.43. The highest BCUT2D eigenvalue weighted by Crippen LogP contribution is 2.38. The zero-order valence-corrected chi connectivity index (χ0v) is 17.5. The highest BCUT2D eigenvalue weighted by Gasteiger charge is 2.29. The average molecular weight is 396 g/mol. The van der Waals surface area contributed by atoms with Gasteiger partial charge in [-0.05, 0) is 50.9 Å². The second-order valence-corrected chi connectivity index (χ2v) is 7.59. The van der Waals surface area contributed by atoms with Gasteiger partial charge in [-0.15, -0.1) is 0 Å². The van der Waals surface area contributed by atoms with Crippen LogP contribution in [0.2, 0.25) is 0 Å². The Labute approximate surface area is 171 Å². The molecule has 3 heterocycles. The molecule has 1 saturated heterocycles. The van der Waals surface area contributed by atoms with Crippen LogP contribution in [0.25, 0.3) is 11.3 Å². The lowest BCUT2D eigenvalue weighted by molar-refractivity contribution is 0.137. The number of piperidine rings is 1. The zero-order chi connectivity index (χ0) is 20.4. The van der Waals surface area contributed by atoms with Crippen LogP contribution < -0.4 is 9.47 Å². The lowest BCUT2D eigenvalue weighted by Gasteiger charge is -2.35. The van der Waals surface area contributed by atoms with Crippen LogP contribution in [0.3, 0.4) is 0 Å². The lowest BCUT2D eigenvalue weighted by atomic mass is 9.95. The molecule has 4 rings (SSSR count). The minimum absolute atomic E-state index is 0.249. The highest BCUT2D eigenvalue weighted by molar-refractivity contribution is 5.64. The summed E-state index contributed by atoms with van der Waals surface area (Å²) >= 11 is 0. The van der Waals surface area contributed by atoms with Crippen LogP contribution in [-0.4, -0.2) is 41.0 Å². The normalized spacial score (nSPS) is 17.4. The third kappa shape index (κ3) is 3.74. The average Bonchev–Trinajstić information content (AvgIpc) is 3.35. The monoisotopic (exact) mass is 396 g/mol. The standard InChI is InChI=1S/C22H28N4O3/c1-14-15(2)25-29-22(14)17-12-23-24-21(17)18-7-5-6-10-26(18)13-16-8-9-19(27-3)20(11-16)28-4/h8-9,11-12,18H,5-7,10,13H2,1-4H3,(H,23,24)/t18-/m0/s1. The van der Waals surface area contributed by atoms with E-state index in [0.717, 1.165) is 59.3 Å². The second-order valence-electron chi connectivity index (χ2n) is 7.59. The first kappa shape index (κ1) is 19.5. The Bertz CT molecular complexity index is 978. The van der Waals surface area contributed by atoms with Crippen molar-refractivity contribution in [3.8, 4) is 22.8 Å². The molecule has 7 heteroatoms. The molecule has 3 aromatic rings. The van der Waals surface area contributed by atoms with Gasteiger partial charge in [0, 0.05) is 12.1 Å². The van der Waals surface area contributed by atoms with E-state index in [-0.39, 0.29) is 6.04 Å². The molecular weight excluding hydrogens is 368 g/mol. The van der Waals surface area contributed by atoms with Crippen molar-refractivity contribution < 1.29 is 14.0 Å². The summed E-state index contributed by atoms with van der Waals surface area (Å²) in [7, 11) is 3.33. The van der Waals surface area contributed by atoms with Crippen LogP contribution in [-0.2, 0) is 6.54 Å². The van der Waals surface area contributed by atoms with E-state index < -0.39 is 0 Å². The molecule has 1 aliphatic rings. The van der Waals surface area contributed by atoms with Gasteiger partial charge < -0.3 is 14.0 Å². The van der Waals surface area contributed by atoms with Crippen LogP contribution in [0.15, 0.2) is 28.9 Å². The molecule has 0 aliphatic carbocycles. The van der Waals surface area contributed by atoms with Gasteiger partial charge in [-0.2, -0.15) is 5.10 Å². The number of aromatic amines is 1. The van der Waals surface area contributed by atoms with E-state index in [1.165, 1.54) is 18.4 Å². The number of nitrogens with zero attached hydrogens (tertiary/aromatic N) is 3. The van der Waals surface area contributed by atoms with Crippen LogP contribution in [0.5, 0.6) is 11.5 Å². The SMILES string of the molecule is COc1ccc(CN2CCCC[C@H]2c2[nH]ncc2-c2onc(C)c2C)cc1OC. The molecule has 0 radical (unpaired) electrons. The number of benzene rings is 1. The largest absolute Gasteiger partial charge is 0.493 e. The molecule has 1 atom stereocenters. The number of hydrogen-bond donors (Lipinski definition) is 1. The van der Waals surface area contributed by atoms with Gasteiger partial charge in [0.15, 0.2) is 17.3 Å². The molecular formula is C22H28N4O3. The fraction of sp³-hybridized carbons (Fsp3) is 0.455. The van der Waals surface area contributed by atoms with Crippen LogP contribution in [0.1, 0.15) is 47.8 Å². The fourth-order valence-electron chi connectivity index (χ4n) is 4.12. The number of rotatable bonds is 6. The number of hydrogen-bond acceptors (Lipinski definition) is 6. The molecule has 1 N–H and O–H groups in total. The van der Waals surface area contributed by atoms with Crippen LogP contribution >= 0.6 is 0 Å². The first-order valence-electron chi connectivity index (χ1n) is 10.0. The summed E-state index contributed by atoms with van der Waals surface area (Å²) in [5.41, 5.74) is 5.28. The van der Waals surface area contributed by atoms with Crippen molar-refractivity contribution in [1.29, 1.82) is 0 Å². The number of likely N-dealkylation sites (tertiary alicyclic amines) is 1. The number of methoxy groups -OCH3 is 2. The van der Waals surface area contributed by atoms with E-state index in [2.05, 4.69) is 32.4 Å². The van der Waals surface area contributed by atoms with E-state index in [1.807, 2.05) is 26.1 Å². The molecule has 7 nitrogen and oxygen atoms in total. The Balaban J connectivity index is 1.63. The second kappa shape index (κ2) is 8.29. The molecule has 154 valence electrons. The Morgan fingerprint density at radius 3 is 2.72 bits per heavy atom. The molecule has 0 bridgehead atoms. The Morgan fingerprint density at radius 2 is 2.00 bits per heavy atom. The van der Waals surface area contributed by atoms with Crippen molar-refractivity contribution in [2.24, 2.45) is 0 Å². The highest BCUT2D eigenvalue weighted by atomic mass is 16.5. The van der Waals surface area contributed by atoms with Gasteiger partial charge in [0.05, 0.1) is 43.4 Å². The van der Waals surface area contributed by atoms with Gasteiger partial charge in [0.2, 0.25) is 0 Å². The molecule has 2 aromatic heterocycles. The van der Waals surface area contributed by atoms with E-state index in [9.17, 15) is 0 Å². The quantitative estimate of drug-likeness (QED) is 0.664. The lowest BCUT2D eigenvalue weighted by Crippen LogP contribution is -2.33. The maximum absolute atomic E-state index is 5.62. The summed E-state index contributed by atoms with van der Waals surface area (Å²) in [6, 6.07) is 6.38. The number of nitrogens with one attached hydrogen (secondary N) is 1.